The third-order valence-corrected chi connectivity index (χ3v) is 2.30. The van der Waals surface area contributed by atoms with Crippen LogP contribution in [0.2, 0.25) is 0 Å². The van der Waals surface area contributed by atoms with E-state index >= 15 is 0 Å². The Morgan fingerprint density at radius 3 is 2.22 bits per heavy atom. The van der Waals surface area contributed by atoms with Gasteiger partial charge in [0.1, 0.15) is 11.6 Å². The predicted molar refractivity (Wildman–Crippen MR) is 56.3 cm³/mol. The molecule has 0 radical (unpaired) electrons. The quantitative estimate of drug-likeness (QED) is 0.827. The minimum atomic E-state index is -4.88. The lowest BCUT2D eigenvalue weighted by Crippen LogP contribution is -2.35. The summed E-state index contributed by atoms with van der Waals surface area (Å²) in [5, 5.41) is 9.62. The molecule has 0 aliphatic rings. The van der Waals surface area contributed by atoms with Crippen LogP contribution in [0.3, 0.4) is 0 Å². The predicted octanol–water partition coefficient (Wildman–Crippen LogP) is 2.50. The maximum Gasteiger partial charge on any atom is 0.573 e. The van der Waals surface area contributed by atoms with Gasteiger partial charge in [-0.05, 0) is 19.9 Å². The van der Waals surface area contributed by atoms with E-state index in [-0.39, 0.29) is 5.56 Å². The molecular weight excluding hydrogens is 254 g/mol. The van der Waals surface area contributed by atoms with Gasteiger partial charge in [-0.15, -0.1) is 13.2 Å². The van der Waals surface area contributed by atoms with Gasteiger partial charge in [-0.2, -0.15) is 0 Å². The number of halogens is 4. The number of hydrogen-bond acceptors (Lipinski definition) is 3. The highest BCUT2D eigenvalue weighted by atomic mass is 19.4. The van der Waals surface area contributed by atoms with Gasteiger partial charge in [-0.3, -0.25) is 0 Å². The average Bonchev–Trinajstić information content (AvgIpc) is 2.12. The monoisotopic (exact) mass is 267 g/mol. The summed E-state index contributed by atoms with van der Waals surface area (Å²) in [6, 6.07) is 1.52. The van der Waals surface area contributed by atoms with Crippen LogP contribution in [0, 0.1) is 5.82 Å². The molecule has 7 heteroatoms. The van der Waals surface area contributed by atoms with E-state index in [0.29, 0.717) is 6.07 Å². The molecule has 1 unspecified atom stereocenters. The summed E-state index contributed by atoms with van der Waals surface area (Å²) >= 11 is 0. The molecule has 0 aliphatic carbocycles. The van der Waals surface area contributed by atoms with Crippen LogP contribution in [-0.4, -0.2) is 17.1 Å². The van der Waals surface area contributed by atoms with Gasteiger partial charge in [-0.1, -0.05) is 6.07 Å². The molecule has 3 nitrogen and oxygen atoms in total. The van der Waals surface area contributed by atoms with E-state index < -0.39 is 29.6 Å². The third-order valence-electron chi connectivity index (χ3n) is 2.30. The number of benzene rings is 1. The molecule has 0 amide bonds. The van der Waals surface area contributed by atoms with Gasteiger partial charge in [-0.25, -0.2) is 4.39 Å². The molecule has 1 rings (SSSR count). The Hall–Kier alpha value is -1.34. The van der Waals surface area contributed by atoms with E-state index in [1.165, 1.54) is 13.8 Å². The van der Waals surface area contributed by atoms with E-state index in [4.69, 9.17) is 5.73 Å². The molecular formula is C11H13F4NO2. The fourth-order valence-corrected chi connectivity index (χ4v) is 1.34. The number of hydrogen-bond donors (Lipinski definition) is 2. The summed E-state index contributed by atoms with van der Waals surface area (Å²) in [5.41, 5.74) is 4.12. The molecule has 102 valence electrons. The highest BCUT2D eigenvalue weighted by Gasteiger charge is 2.32. The number of alkyl halides is 3. The second-order valence-corrected chi connectivity index (χ2v) is 4.36. The second-order valence-electron chi connectivity index (χ2n) is 4.36. The van der Waals surface area contributed by atoms with Crippen molar-refractivity contribution in [2.45, 2.75) is 31.9 Å². The second kappa shape index (κ2) is 4.74. The van der Waals surface area contributed by atoms with Crippen molar-refractivity contribution in [3.63, 3.8) is 0 Å². The van der Waals surface area contributed by atoms with Gasteiger partial charge < -0.3 is 15.6 Å². The van der Waals surface area contributed by atoms with E-state index in [9.17, 15) is 22.7 Å². The number of aliphatic hydroxyl groups is 1. The van der Waals surface area contributed by atoms with E-state index in [1.807, 2.05) is 0 Å². The fourth-order valence-electron chi connectivity index (χ4n) is 1.34. The van der Waals surface area contributed by atoms with E-state index in [0.717, 1.165) is 12.1 Å². The maximum atomic E-state index is 13.6. The van der Waals surface area contributed by atoms with Crippen molar-refractivity contribution in [3.8, 4) is 5.75 Å². The highest BCUT2D eigenvalue weighted by Crippen LogP contribution is 2.29. The molecule has 1 aromatic rings. The molecule has 3 N–H and O–H groups in total. The molecule has 0 bridgehead atoms. The summed E-state index contributed by atoms with van der Waals surface area (Å²) in [7, 11) is 0. The van der Waals surface area contributed by atoms with Crippen molar-refractivity contribution in [1.29, 1.82) is 0 Å². The fraction of sp³-hybridized carbons (Fsp3) is 0.455. The zero-order valence-electron chi connectivity index (χ0n) is 9.75. The van der Waals surface area contributed by atoms with E-state index in [1.54, 1.807) is 0 Å². The zero-order chi connectivity index (χ0) is 14.1. The topological polar surface area (TPSA) is 55.5 Å². The Morgan fingerprint density at radius 2 is 1.83 bits per heavy atom. The van der Waals surface area contributed by atoms with Crippen molar-refractivity contribution in [3.05, 3.63) is 29.6 Å². The Labute approximate surface area is 101 Å². The van der Waals surface area contributed by atoms with Crippen LogP contribution in [0.5, 0.6) is 5.75 Å². The largest absolute Gasteiger partial charge is 0.573 e. The zero-order valence-corrected chi connectivity index (χ0v) is 9.75. The lowest BCUT2D eigenvalue weighted by molar-refractivity contribution is -0.274. The van der Waals surface area contributed by atoms with Crippen molar-refractivity contribution < 1.29 is 27.4 Å². The Kier molecular flexibility index (Phi) is 3.87. The Bertz CT molecular complexity index is 426. The third kappa shape index (κ3) is 3.85. The Morgan fingerprint density at radius 1 is 1.28 bits per heavy atom. The highest BCUT2D eigenvalue weighted by molar-refractivity contribution is 5.32. The number of ether oxygens (including phenoxy) is 1. The Balaban J connectivity index is 3.00. The van der Waals surface area contributed by atoms with Crippen molar-refractivity contribution in [1.82, 2.24) is 0 Å². The standard InChI is InChI=1S/C11H13F4NO2/c1-10(2,17)9(16)7-4-3-6(5-8(7)12)18-11(13,14)15/h3-5,9,17H,16H2,1-2H3. The normalized spacial score (nSPS) is 14.4. The number of rotatable bonds is 3. The first-order valence-electron chi connectivity index (χ1n) is 5.04. The van der Waals surface area contributed by atoms with Gasteiger partial charge in [0.2, 0.25) is 0 Å². The van der Waals surface area contributed by atoms with Crippen LogP contribution in [0.25, 0.3) is 0 Å². The molecule has 1 atom stereocenters. The summed E-state index contributed by atoms with van der Waals surface area (Å²) in [6.07, 6.45) is -4.88. The molecule has 0 spiro atoms. The van der Waals surface area contributed by atoms with Crippen molar-refractivity contribution >= 4 is 0 Å². The molecule has 0 fully saturated rings. The van der Waals surface area contributed by atoms with Gasteiger partial charge >= 0.3 is 6.36 Å². The van der Waals surface area contributed by atoms with Gasteiger partial charge in [0.05, 0.1) is 11.6 Å². The molecule has 0 saturated carbocycles. The van der Waals surface area contributed by atoms with Crippen LogP contribution in [0.15, 0.2) is 18.2 Å². The van der Waals surface area contributed by atoms with Crippen LogP contribution in [0.4, 0.5) is 17.6 Å². The summed E-state index contributed by atoms with van der Waals surface area (Å²) in [6.45, 7) is 2.74. The SMILES string of the molecule is CC(C)(O)C(N)c1ccc(OC(F)(F)F)cc1F. The minimum absolute atomic E-state index is 0.0861. The van der Waals surface area contributed by atoms with Crippen LogP contribution in [-0.2, 0) is 0 Å². The summed E-state index contributed by atoms with van der Waals surface area (Å²) in [5.74, 6) is -1.64. The first kappa shape index (κ1) is 14.7. The molecule has 1 aromatic carbocycles. The molecule has 0 aliphatic heterocycles. The number of nitrogens with two attached hydrogens (primary N) is 1. The first-order valence-corrected chi connectivity index (χ1v) is 5.04. The van der Waals surface area contributed by atoms with Gasteiger partial charge in [0.15, 0.2) is 0 Å². The van der Waals surface area contributed by atoms with Crippen LogP contribution < -0.4 is 10.5 Å². The molecule has 18 heavy (non-hydrogen) atoms. The van der Waals surface area contributed by atoms with Crippen molar-refractivity contribution in [2.24, 2.45) is 5.73 Å². The lowest BCUT2D eigenvalue weighted by Gasteiger charge is -2.26. The summed E-state index contributed by atoms with van der Waals surface area (Å²) in [4.78, 5) is 0. The summed E-state index contributed by atoms with van der Waals surface area (Å²) < 4.78 is 52.9. The molecule has 0 saturated heterocycles. The van der Waals surface area contributed by atoms with Gasteiger partial charge in [0, 0.05) is 11.6 Å². The van der Waals surface area contributed by atoms with Crippen molar-refractivity contribution in [2.75, 3.05) is 0 Å². The maximum absolute atomic E-state index is 13.6. The molecule has 0 aromatic heterocycles. The van der Waals surface area contributed by atoms with Crippen LogP contribution >= 0.6 is 0 Å². The molecule has 0 heterocycles. The van der Waals surface area contributed by atoms with Crippen LogP contribution in [0.1, 0.15) is 25.5 Å². The smallest absolute Gasteiger partial charge is 0.406 e. The minimum Gasteiger partial charge on any atom is -0.406 e. The van der Waals surface area contributed by atoms with E-state index in [2.05, 4.69) is 4.74 Å². The van der Waals surface area contributed by atoms with Gasteiger partial charge in [0.25, 0.3) is 0 Å². The average molecular weight is 267 g/mol. The lowest BCUT2D eigenvalue weighted by atomic mass is 9.92. The first-order chi connectivity index (χ1) is 8.00.